The quantitative estimate of drug-likeness (QED) is 0.724. The average molecular weight is 250 g/mol. The third-order valence-corrected chi connectivity index (χ3v) is 2.85. The fourth-order valence-corrected chi connectivity index (χ4v) is 1.96. The molecule has 1 aliphatic rings. The van der Waals surface area contributed by atoms with Gasteiger partial charge in [0.2, 0.25) is 0 Å². The number of carbonyl (C=O) groups is 1. The predicted molar refractivity (Wildman–Crippen MR) is 66.0 cm³/mol. The molecule has 1 fully saturated rings. The van der Waals surface area contributed by atoms with Gasteiger partial charge in [-0.3, -0.25) is 0 Å². The van der Waals surface area contributed by atoms with Crippen LogP contribution < -0.4 is 0 Å². The first-order valence-corrected chi connectivity index (χ1v) is 6.22. The van der Waals surface area contributed by atoms with E-state index in [1.807, 2.05) is 30.3 Å². The van der Waals surface area contributed by atoms with Gasteiger partial charge in [-0.05, 0) is 18.4 Å². The Hall–Kier alpha value is -1.23. The van der Waals surface area contributed by atoms with Crippen molar-refractivity contribution in [3.8, 4) is 0 Å². The van der Waals surface area contributed by atoms with E-state index in [1.165, 1.54) is 0 Å². The molecule has 18 heavy (non-hydrogen) atoms. The highest BCUT2D eigenvalue weighted by molar-refractivity contribution is 5.50. The van der Waals surface area contributed by atoms with E-state index in [2.05, 4.69) is 0 Å². The molecule has 0 radical (unpaired) electrons. The summed E-state index contributed by atoms with van der Waals surface area (Å²) in [6, 6.07) is 9.98. The van der Waals surface area contributed by atoms with Gasteiger partial charge in [0.1, 0.15) is 19.0 Å². The van der Waals surface area contributed by atoms with Gasteiger partial charge in [0.05, 0.1) is 6.61 Å². The molecule has 0 aliphatic carbocycles. The van der Waals surface area contributed by atoms with Crippen LogP contribution in [0.2, 0.25) is 0 Å². The van der Waals surface area contributed by atoms with Crippen molar-refractivity contribution in [2.24, 2.45) is 0 Å². The number of hydrogen-bond acceptors (Lipinski definition) is 4. The highest BCUT2D eigenvalue weighted by Crippen LogP contribution is 2.19. The summed E-state index contributed by atoms with van der Waals surface area (Å²) in [5, 5.41) is 0. The summed E-state index contributed by atoms with van der Waals surface area (Å²) < 4.78 is 16.6. The molecule has 4 nitrogen and oxygen atoms in total. The largest absolute Gasteiger partial charge is 0.368 e. The minimum atomic E-state index is -0.423. The van der Waals surface area contributed by atoms with Gasteiger partial charge in [0.25, 0.3) is 0 Å². The molecule has 1 aromatic rings. The molecule has 0 saturated carbocycles. The lowest BCUT2D eigenvalue weighted by atomic mass is 10.1. The Kier molecular flexibility index (Phi) is 5.33. The van der Waals surface area contributed by atoms with Crippen LogP contribution in [0.15, 0.2) is 30.3 Å². The van der Waals surface area contributed by atoms with E-state index >= 15 is 0 Å². The van der Waals surface area contributed by atoms with Gasteiger partial charge >= 0.3 is 0 Å². The highest BCUT2D eigenvalue weighted by Gasteiger charge is 2.27. The van der Waals surface area contributed by atoms with Crippen LogP contribution in [0.25, 0.3) is 0 Å². The molecule has 2 rings (SSSR count). The summed E-state index contributed by atoms with van der Waals surface area (Å²) >= 11 is 0. The smallest absolute Gasteiger partial charge is 0.184 e. The molecule has 0 aromatic heterocycles. The molecule has 0 spiro atoms. The van der Waals surface area contributed by atoms with Crippen molar-refractivity contribution in [1.29, 1.82) is 0 Å². The lowest BCUT2D eigenvalue weighted by molar-refractivity contribution is -0.227. The molecule has 0 unspecified atom stereocenters. The molecule has 4 heteroatoms. The molecule has 1 saturated heterocycles. The Morgan fingerprint density at radius 2 is 2.11 bits per heavy atom. The van der Waals surface area contributed by atoms with Crippen molar-refractivity contribution < 1.29 is 19.0 Å². The van der Waals surface area contributed by atoms with Crippen LogP contribution in [0.5, 0.6) is 0 Å². The average Bonchev–Trinajstić information content (AvgIpc) is 2.45. The summed E-state index contributed by atoms with van der Waals surface area (Å²) in [5.41, 5.74) is 1.12. The van der Waals surface area contributed by atoms with Gasteiger partial charge in [0.15, 0.2) is 6.29 Å². The van der Waals surface area contributed by atoms with Gasteiger partial charge in [0, 0.05) is 6.61 Å². The zero-order chi connectivity index (χ0) is 12.6. The minimum absolute atomic E-state index is 0.0515. The van der Waals surface area contributed by atoms with Gasteiger partial charge in [-0.25, -0.2) is 0 Å². The van der Waals surface area contributed by atoms with E-state index in [-0.39, 0.29) is 12.7 Å². The maximum Gasteiger partial charge on any atom is 0.184 e. The number of benzene rings is 1. The zero-order valence-corrected chi connectivity index (χ0v) is 10.3. The summed E-state index contributed by atoms with van der Waals surface area (Å²) in [4.78, 5) is 10.3. The molecule has 0 N–H and O–H groups in total. The van der Waals surface area contributed by atoms with Crippen molar-refractivity contribution in [2.45, 2.75) is 31.8 Å². The Balaban J connectivity index is 1.83. The van der Waals surface area contributed by atoms with Gasteiger partial charge in [-0.1, -0.05) is 30.3 Å². The Labute approximate surface area is 107 Å². The number of hydrogen-bond donors (Lipinski definition) is 0. The van der Waals surface area contributed by atoms with Crippen LogP contribution in [-0.2, 0) is 25.6 Å². The van der Waals surface area contributed by atoms with Gasteiger partial charge in [-0.15, -0.1) is 0 Å². The van der Waals surface area contributed by atoms with Gasteiger partial charge < -0.3 is 19.0 Å². The van der Waals surface area contributed by atoms with Crippen LogP contribution >= 0.6 is 0 Å². The maximum atomic E-state index is 10.3. The topological polar surface area (TPSA) is 44.8 Å². The second-order valence-electron chi connectivity index (χ2n) is 4.22. The number of rotatable bonds is 6. The second kappa shape index (κ2) is 7.26. The lowest BCUT2D eigenvalue weighted by Crippen LogP contribution is -2.38. The molecule has 1 heterocycles. The lowest BCUT2D eigenvalue weighted by Gasteiger charge is -2.30. The molecular weight excluding hydrogens is 232 g/mol. The molecule has 1 aliphatic heterocycles. The fourth-order valence-electron chi connectivity index (χ4n) is 1.96. The Morgan fingerprint density at radius 3 is 2.89 bits per heavy atom. The van der Waals surface area contributed by atoms with Crippen molar-refractivity contribution >= 4 is 6.29 Å². The number of carbonyl (C=O) groups excluding carboxylic acids is 1. The van der Waals surface area contributed by atoms with Crippen LogP contribution in [0.4, 0.5) is 0 Å². The van der Waals surface area contributed by atoms with E-state index in [4.69, 9.17) is 14.2 Å². The molecule has 1 aromatic carbocycles. The Morgan fingerprint density at radius 1 is 1.28 bits per heavy atom. The fraction of sp³-hybridized carbons (Fsp3) is 0.500. The zero-order valence-electron chi connectivity index (χ0n) is 10.3. The first-order chi connectivity index (χ1) is 8.90. The van der Waals surface area contributed by atoms with Crippen LogP contribution in [0.3, 0.4) is 0 Å². The van der Waals surface area contributed by atoms with Crippen LogP contribution in [0.1, 0.15) is 18.4 Å². The van der Waals surface area contributed by atoms with Crippen molar-refractivity contribution in [2.75, 3.05) is 13.2 Å². The maximum absolute atomic E-state index is 10.3. The molecule has 2 atom stereocenters. The monoisotopic (exact) mass is 250 g/mol. The first kappa shape index (κ1) is 13.2. The normalized spacial score (nSPS) is 23.8. The minimum Gasteiger partial charge on any atom is -0.368 e. The van der Waals surface area contributed by atoms with Crippen molar-refractivity contribution in [1.82, 2.24) is 0 Å². The predicted octanol–water partition coefficient (Wildman–Crippen LogP) is 1.92. The van der Waals surface area contributed by atoms with E-state index in [1.54, 1.807) is 0 Å². The number of aldehydes is 1. The first-order valence-electron chi connectivity index (χ1n) is 6.22. The van der Waals surface area contributed by atoms with E-state index in [0.29, 0.717) is 13.2 Å². The summed E-state index contributed by atoms with van der Waals surface area (Å²) in [5.74, 6) is 0. The van der Waals surface area contributed by atoms with Crippen LogP contribution in [-0.4, -0.2) is 31.9 Å². The summed E-state index contributed by atoms with van der Waals surface area (Å²) in [7, 11) is 0. The van der Waals surface area contributed by atoms with Crippen LogP contribution in [0, 0.1) is 0 Å². The molecule has 0 amide bonds. The molecule has 0 bridgehead atoms. The third-order valence-electron chi connectivity index (χ3n) is 2.85. The second-order valence-corrected chi connectivity index (χ2v) is 4.22. The van der Waals surface area contributed by atoms with Crippen molar-refractivity contribution in [3.63, 3.8) is 0 Å². The highest BCUT2D eigenvalue weighted by atomic mass is 16.7. The third kappa shape index (κ3) is 3.91. The van der Waals surface area contributed by atoms with E-state index < -0.39 is 6.29 Å². The molecule has 98 valence electrons. The van der Waals surface area contributed by atoms with Crippen molar-refractivity contribution in [3.05, 3.63) is 35.9 Å². The molecular formula is C14H18O4. The van der Waals surface area contributed by atoms with E-state index in [0.717, 1.165) is 24.7 Å². The van der Waals surface area contributed by atoms with E-state index in [9.17, 15) is 4.79 Å². The SMILES string of the molecule is O=CCO[C@@H]1OCCC[C@H]1OCc1ccccc1. The number of ether oxygens (including phenoxy) is 3. The standard InChI is InChI=1S/C14H18O4/c15-8-10-17-14-13(7-4-9-16-14)18-11-12-5-2-1-3-6-12/h1-3,5-6,8,13-14H,4,7,9-11H2/t13-,14+/m1/s1. The summed E-state index contributed by atoms with van der Waals surface area (Å²) in [6.45, 7) is 1.25. The summed E-state index contributed by atoms with van der Waals surface area (Å²) in [6.07, 6.45) is 2.06. The Bertz CT molecular complexity index is 352. The van der Waals surface area contributed by atoms with Gasteiger partial charge in [-0.2, -0.15) is 0 Å².